The number of nitrogens with one attached hydrogen (secondary N) is 2. The smallest absolute Gasteiger partial charge is 0.258 e. The topological polar surface area (TPSA) is 150 Å². The Morgan fingerprint density at radius 2 is 1.63 bits per heavy atom. The number of rotatable bonds is 11. The highest BCUT2D eigenvalue weighted by atomic mass is 32.1. The van der Waals surface area contributed by atoms with Crippen LogP contribution in [0.2, 0.25) is 0 Å². The van der Waals surface area contributed by atoms with E-state index in [1.54, 1.807) is 65.7 Å². The van der Waals surface area contributed by atoms with Crippen molar-refractivity contribution in [2.24, 2.45) is 5.92 Å². The number of nitrogen functional groups attached to an aromatic ring is 1. The van der Waals surface area contributed by atoms with Gasteiger partial charge in [0.15, 0.2) is 5.75 Å². The third-order valence-corrected chi connectivity index (χ3v) is 9.96. The van der Waals surface area contributed by atoms with Gasteiger partial charge >= 0.3 is 0 Å². The maximum atomic E-state index is 13.9. The molecule has 268 valence electrons. The number of thiazole rings is 1. The number of amides is 3. The minimum absolute atomic E-state index is 0.132. The van der Waals surface area contributed by atoms with Crippen molar-refractivity contribution in [2.75, 3.05) is 43.1 Å². The van der Waals surface area contributed by atoms with E-state index in [9.17, 15) is 19.5 Å². The van der Waals surface area contributed by atoms with Crippen molar-refractivity contribution in [2.45, 2.75) is 32.5 Å². The third-order valence-electron chi connectivity index (χ3n) is 9.13. The zero-order chi connectivity index (χ0) is 36.8. The number of nitrogens with zero attached hydrogens (tertiary/aromatic N) is 3. The second kappa shape index (κ2) is 16.2. The molecule has 0 spiro atoms. The molecule has 1 aromatic heterocycles. The number of aromatic nitrogens is 1. The molecule has 12 heteroatoms. The Bertz CT molecular complexity index is 2020. The first-order chi connectivity index (χ1) is 25.1. The van der Waals surface area contributed by atoms with Gasteiger partial charge in [0, 0.05) is 53.8 Å². The Balaban J connectivity index is 1.20. The molecule has 2 heterocycles. The first-order valence-corrected chi connectivity index (χ1v) is 17.9. The molecule has 0 unspecified atom stereocenters. The predicted octanol–water partition coefficient (Wildman–Crippen LogP) is 6.25. The lowest BCUT2D eigenvalue weighted by atomic mass is 9.98. The van der Waals surface area contributed by atoms with E-state index in [-0.39, 0.29) is 42.1 Å². The molecule has 0 fully saturated rings. The summed E-state index contributed by atoms with van der Waals surface area (Å²) in [4.78, 5) is 48.4. The lowest BCUT2D eigenvalue weighted by Gasteiger charge is -2.38. The second-order valence-electron chi connectivity index (χ2n) is 13.1. The molecule has 4 aromatic carbocycles. The number of benzene rings is 4. The lowest BCUT2D eigenvalue weighted by Crippen LogP contribution is -2.49. The van der Waals surface area contributed by atoms with Crippen LogP contribution in [0.3, 0.4) is 0 Å². The molecule has 0 saturated carbocycles. The van der Waals surface area contributed by atoms with E-state index in [2.05, 4.69) is 20.5 Å². The fraction of sp³-hybridized carbons (Fsp3) is 0.250. The minimum atomic E-state index is -0.428. The van der Waals surface area contributed by atoms with Crippen LogP contribution in [0.4, 0.5) is 17.1 Å². The number of para-hydroxylation sites is 3. The first-order valence-electron chi connectivity index (χ1n) is 17.1. The molecule has 0 aliphatic carbocycles. The average molecular weight is 719 g/mol. The molecule has 3 atom stereocenters. The highest BCUT2D eigenvalue weighted by Crippen LogP contribution is 2.35. The monoisotopic (exact) mass is 718 g/mol. The van der Waals surface area contributed by atoms with Crippen molar-refractivity contribution < 1.29 is 24.2 Å². The number of carbonyl (C=O) groups is 3. The van der Waals surface area contributed by atoms with E-state index < -0.39 is 6.04 Å². The summed E-state index contributed by atoms with van der Waals surface area (Å²) < 4.78 is 6.71. The molecule has 0 saturated heterocycles. The largest absolute Gasteiger partial charge is 0.486 e. The van der Waals surface area contributed by atoms with Gasteiger partial charge in [-0.1, -0.05) is 49.4 Å². The number of hydrogen-bond donors (Lipinski definition) is 4. The Labute approximate surface area is 307 Å². The Kier molecular flexibility index (Phi) is 11.3. The van der Waals surface area contributed by atoms with Gasteiger partial charge in [-0.05, 0) is 68.1 Å². The van der Waals surface area contributed by atoms with E-state index in [1.165, 1.54) is 11.3 Å². The molecule has 1 aliphatic rings. The fourth-order valence-electron chi connectivity index (χ4n) is 6.13. The number of hydrogen-bond acceptors (Lipinski definition) is 9. The molecule has 1 aliphatic heterocycles. The number of aliphatic hydroxyl groups is 1. The Morgan fingerprint density at radius 3 is 2.29 bits per heavy atom. The summed E-state index contributed by atoms with van der Waals surface area (Å²) in [5.41, 5.74) is 10.6. The van der Waals surface area contributed by atoms with Gasteiger partial charge in [-0.25, -0.2) is 4.98 Å². The quantitative estimate of drug-likeness (QED) is 0.117. The standard InChI is InChI=1S/C40H42N6O5S/c1-25-21-46(26(2)24-47)40(50)31-7-6-10-34(44-38(49)29-15-17-30(18-16-29)39-42-19-20-52-39)36(31)51-35(25)23-45(3)22-27-11-13-28(14-12-27)37(48)43-33-9-5-4-8-32(33)41/h4-20,25-26,35,47H,21-24,41H2,1-3H3,(H,43,48)(H,44,49)/t25-,26-,35+/m1/s1. The fourth-order valence-corrected chi connectivity index (χ4v) is 6.78. The Hall–Kier alpha value is -5.56. The summed E-state index contributed by atoms with van der Waals surface area (Å²) in [6, 6.07) is 26.4. The third kappa shape index (κ3) is 8.31. The summed E-state index contributed by atoms with van der Waals surface area (Å²) in [5.74, 6) is -0.718. The van der Waals surface area contributed by atoms with E-state index >= 15 is 0 Å². The molecule has 0 radical (unpaired) electrons. The molecule has 11 nitrogen and oxygen atoms in total. The van der Waals surface area contributed by atoms with Crippen LogP contribution in [-0.4, -0.2) is 76.5 Å². The number of anilines is 3. The van der Waals surface area contributed by atoms with Crippen molar-refractivity contribution >= 4 is 46.1 Å². The van der Waals surface area contributed by atoms with Crippen molar-refractivity contribution in [1.29, 1.82) is 0 Å². The highest BCUT2D eigenvalue weighted by Gasteiger charge is 2.34. The van der Waals surface area contributed by atoms with Gasteiger partial charge in [-0.2, -0.15) is 0 Å². The van der Waals surface area contributed by atoms with Crippen molar-refractivity contribution in [3.05, 3.63) is 125 Å². The zero-order valence-electron chi connectivity index (χ0n) is 29.3. The number of likely N-dealkylation sites (N-methyl/N-ethyl adjacent to an activating group) is 1. The molecule has 0 bridgehead atoms. The summed E-state index contributed by atoms with van der Waals surface area (Å²) in [5, 5.41) is 18.7. The minimum Gasteiger partial charge on any atom is -0.486 e. The van der Waals surface area contributed by atoms with Crippen molar-refractivity contribution in [3.63, 3.8) is 0 Å². The number of aliphatic hydroxyl groups excluding tert-OH is 1. The molecule has 6 rings (SSSR count). The van der Waals surface area contributed by atoms with E-state index in [1.807, 2.05) is 62.7 Å². The molecule has 5 N–H and O–H groups in total. The SMILES string of the molecule is C[C@@H]1CN([C@H](C)CO)C(=O)c2cccc(NC(=O)c3ccc(-c4nccs4)cc3)c2O[C@H]1CN(C)Cc1ccc(C(=O)Nc2ccccc2N)cc1. The van der Waals surface area contributed by atoms with Crippen LogP contribution in [0.1, 0.15) is 50.5 Å². The van der Waals surface area contributed by atoms with Crippen molar-refractivity contribution in [1.82, 2.24) is 14.8 Å². The van der Waals surface area contributed by atoms with Gasteiger partial charge in [0.25, 0.3) is 17.7 Å². The maximum absolute atomic E-state index is 13.9. The van der Waals surface area contributed by atoms with E-state index in [4.69, 9.17) is 10.5 Å². The highest BCUT2D eigenvalue weighted by molar-refractivity contribution is 7.13. The van der Waals surface area contributed by atoms with Crippen LogP contribution in [-0.2, 0) is 6.54 Å². The number of nitrogens with two attached hydrogens (primary N) is 1. The van der Waals surface area contributed by atoms with Gasteiger partial charge < -0.3 is 31.1 Å². The van der Waals surface area contributed by atoms with Crippen LogP contribution in [0.5, 0.6) is 5.75 Å². The average Bonchev–Trinajstić information content (AvgIpc) is 3.70. The van der Waals surface area contributed by atoms with Gasteiger partial charge in [-0.3, -0.25) is 19.3 Å². The van der Waals surface area contributed by atoms with Gasteiger partial charge in [0.2, 0.25) is 0 Å². The summed E-state index contributed by atoms with van der Waals surface area (Å²) in [6.45, 7) is 5.07. The summed E-state index contributed by atoms with van der Waals surface area (Å²) in [6.07, 6.45) is 1.35. The summed E-state index contributed by atoms with van der Waals surface area (Å²) >= 11 is 1.52. The van der Waals surface area contributed by atoms with Crippen LogP contribution >= 0.6 is 11.3 Å². The Morgan fingerprint density at radius 1 is 0.981 bits per heavy atom. The summed E-state index contributed by atoms with van der Waals surface area (Å²) in [7, 11) is 1.98. The molecule has 3 amide bonds. The lowest BCUT2D eigenvalue weighted by molar-refractivity contribution is 0.0343. The van der Waals surface area contributed by atoms with E-state index in [0.29, 0.717) is 53.4 Å². The molecule has 52 heavy (non-hydrogen) atoms. The predicted molar refractivity (Wildman–Crippen MR) is 205 cm³/mol. The van der Waals surface area contributed by atoms with Crippen LogP contribution in [0.15, 0.2) is 103 Å². The van der Waals surface area contributed by atoms with Crippen molar-refractivity contribution in [3.8, 4) is 16.3 Å². The number of carbonyl (C=O) groups excluding carboxylic acids is 3. The molecular formula is C40H42N6O5S. The molecular weight excluding hydrogens is 677 g/mol. The maximum Gasteiger partial charge on any atom is 0.258 e. The zero-order valence-corrected chi connectivity index (χ0v) is 30.1. The van der Waals surface area contributed by atoms with E-state index in [0.717, 1.165) is 16.1 Å². The van der Waals surface area contributed by atoms with Crippen LogP contribution in [0, 0.1) is 5.92 Å². The van der Waals surface area contributed by atoms with Gasteiger partial charge in [-0.15, -0.1) is 11.3 Å². The second-order valence-corrected chi connectivity index (χ2v) is 14.0. The van der Waals surface area contributed by atoms with Gasteiger partial charge in [0.1, 0.15) is 11.1 Å². The first kappa shape index (κ1) is 36.2. The van der Waals surface area contributed by atoms with Gasteiger partial charge in [0.05, 0.1) is 35.3 Å². The van der Waals surface area contributed by atoms with Crippen LogP contribution < -0.4 is 21.1 Å². The molecule has 5 aromatic rings. The normalized spacial score (nSPS) is 16.3. The van der Waals surface area contributed by atoms with Crippen LogP contribution in [0.25, 0.3) is 10.6 Å². The number of ether oxygens (including phenoxy) is 1. The number of fused-ring (bicyclic) bond motifs is 1.